The molecule has 1 heteroatoms. The fourth-order valence-corrected chi connectivity index (χ4v) is 1.36. The Labute approximate surface area is 62.4 Å². The molecule has 0 spiro atoms. The molecule has 0 atom stereocenters. The lowest BCUT2D eigenvalue weighted by molar-refractivity contribution is 0.993. The number of hydrogen-bond acceptors (Lipinski definition) is 1. The molecule has 0 nitrogen and oxygen atoms in total. The van der Waals surface area contributed by atoms with Gasteiger partial charge in [-0.1, -0.05) is 6.92 Å². The molecule has 0 heterocycles. The van der Waals surface area contributed by atoms with Crippen molar-refractivity contribution in [2.45, 2.75) is 26.2 Å². The summed E-state index contributed by atoms with van der Waals surface area (Å²) in [5, 5.41) is 0. The summed E-state index contributed by atoms with van der Waals surface area (Å²) in [6.45, 7) is 2.20. The predicted molar refractivity (Wildman–Crippen MR) is 45.7 cm³/mol. The third kappa shape index (κ3) is 7.91. The van der Waals surface area contributed by atoms with E-state index < -0.39 is 0 Å². The van der Waals surface area contributed by atoms with Crippen molar-refractivity contribution in [2.24, 2.45) is 0 Å². The van der Waals surface area contributed by atoms with Gasteiger partial charge in [0.15, 0.2) is 0 Å². The molecule has 0 fully saturated rings. The van der Waals surface area contributed by atoms with Gasteiger partial charge in [0.25, 0.3) is 0 Å². The molecule has 0 bridgehead atoms. The van der Waals surface area contributed by atoms with E-state index in [-0.39, 0.29) is 0 Å². The van der Waals surface area contributed by atoms with Gasteiger partial charge in [0, 0.05) is 6.42 Å². The van der Waals surface area contributed by atoms with Gasteiger partial charge in [0.1, 0.15) is 0 Å². The Balaban J connectivity index is 2.69. The zero-order chi connectivity index (χ0) is 6.95. The molecular formula is C8H14S. The van der Waals surface area contributed by atoms with Crippen LogP contribution in [0.5, 0.6) is 0 Å². The molecule has 0 aliphatic heterocycles. The van der Waals surface area contributed by atoms with E-state index in [0.717, 1.165) is 6.42 Å². The number of hydrogen-bond donors (Lipinski definition) is 0. The zero-order valence-corrected chi connectivity index (χ0v) is 6.84. The van der Waals surface area contributed by atoms with E-state index in [4.69, 9.17) is 6.42 Å². The van der Waals surface area contributed by atoms with E-state index in [2.05, 4.69) is 12.8 Å². The van der Waals surface area contributed by atoms with Crippen LogP contribution in [0.4, 0.5) is 0 Å². The number of unbranched alkanes of at least 4 members (excludes halogenated alkanes) is 1. The second-order valence-electron chi connectivity index (χ2n) is 1.92. The van der Waals surface area contributed by atoms with Gasteiger partial charge in [-0.05, 0) is 24.3 Å². The predicted octanol–water partition coefficient (Wildman–Crippen LogP) is 2.54. The fraction of sp³-hybridized carbons (Fsp3) is 0.750. The Morgan fingerprint density at radius 1 is 1.44 bits per heavy atom. The topological polar surface area (TPSA) is 0 Å². The van der Waals surface area contributed by atoms with Crippen molar-refractivity contribution >= 4 is 11.8 Å². The third-order valence-corrected chi connectivity index (χ3v) is 2.23. The Morgan fingerprint density at radius 2 is 2.22 bits per heavy atom. The van der Waals surface area contributed by atoms with E-state index in [0.29, 0.717) is 0 Å². The van der Waals surface area contributed by atoms with E-state index in [1.54, 1.807) is 0 Å². The maximum Gasteiger partial charge on any atom is 0.00939 e. The minimum absolute atomic E-state index is 0.941. The van der Waals surface area contributed by atoms with Gasteiger partial charge >= 0.3 is 0 Å². The molecule has 0 rings (SSSR count). The summed E-state index contributed by atoms with van der Waals surface area (Å²) in [7, 11) is 0. The summed E-state index contributed by atoms with van der Waals surface area (Å²) in [6, 6.07) is 0. The molecule has 0 amide bonds. The molecule has 0 aliphatic rings. The van der Waals surface area contributed by atoms with E-state index in [1.807, 2.05) is 11.8 Å². The maximum absolute atomic E-state index is 5.08. The average Bonchev–Trinajstić information content (AvgIpc) is 1.89. The quantitative estimate of drug-likeness (QED) is 0.420. The highest BCUT2D eigenvalue weighted by atomic mass is 32.2. The Morgan fingerprint density at radius 3 is 2.78 bits per heavy atom. The molecule has 9 heavy (non-hydrogen) atoms. The summed E-state index contributed by atoms with van der Waals surface area (Å²) in [5.41, 5.74) is 0. The lowest BCUT2D eigenvalue weighted by atomic mass is 10.4. The molecule has 0 unspecified atom stereocenters. The van der Waals surface area contributed by atoms with Crippen LogP contribution in [-0.4, -0.2) is 11.5 Å². The summed E-state index contributed by atoms with van der Waals surface area (Å²) < 4.78 is 0. The van der Waals surface area contributed by atoms with Crippen LogP contribution in [0, 0.1) is 12.3 Å². The van der Waals surface area contributed by atoms with Crippen molar-refractivity contribution in [3.8, 4) is 12.3 Å². The fourth-order valence-electron chi connectivity index (χ4n) is 0.523. The molecule has 0 N–H and O–H groups in total. The second-order valence-corrected chi connectivity index (χ2v) is 3.14. The summed E-state index contributed by atoms with van der Waals surface area (Å²) in [5.74, 6) is 5.15. The van der Waals surface area contributed by atoms with E-state index in [1.165, 1.54) is 24.3 Å². The van der Waals surface area contributed by atoms with Gasteiger partial charge in [-0.2, -0.15) is 11.8 Å². The highest BCUT2D eigenvalue weighted by Gasteiger charge is 1.84. The standard InChI is InChI=1S/C8H14S/c1-3-5-6-8-9-7-4-2/h1H,4-8H2,2H3. The van der Waals surface area contributed by atoms with E-state index in [9.17, 15) is 0 Å². The lowest BCUT2D eigenvalue weighted by Crippen LogP contribution is -1.80. The largest absolute Gasteiger partial charge is 0.162 e. The molecule has 0 aromatic heterocycles. The van der Waals surface area contributed by atoms with Crippen LogP contribution in [0.15, 0.2) is 0 Å². The van der Waals surface area contributed by atoms with Crippen LogP contribution < -0.4 is 0 Å². The van der Waals surface area contributed by atoms with Crippen molar-refractivity contribution in [1.29, 1.82) is 0 Å². The molecule has 0 saturated heterocycles. The second kappa shape index (κ2) is 7.91. The van der Waals surface area contributed by atoms with Crippen molar-refractivity contribution < 1.29 is 0 Å². The van der Waals surface area contributed by atoms with Crippen molar-refractivity contribution in [1.82, 2.24) is 0 Å². The summed E-state index contributed by atoms with van der Waals surface area (Å²) in [6.07, 6.45) is 8.49. The SMILES string of the molecule is C#CCCCSCCC. The summed E-state index contributed by atoms with van der Waals surface area (Å²) in [4.78, 5) is 0. The first-order valence-electron chi connectivity index (χ1n) is 3.43. The minimum Gasteiger partial charge on any atom is -0.162 e. The van der Waals surface area contributed by atoms with Crippen LogP contribution in [0.1, 0.15) is 26.2 Å². The molecule has 0 aliphatic carbocycles. The molecular weight excluding hydrogens is 128 g/mol. The lowest BCUT2D eigenvalue weighted by Gasteiger charge is -1.94. The van der Waals surface area contributed by atoms with Crippen molar-refractivity contribution in [2.75, 3.05) is 11.5 Å². The highest BCUT2D eigenvalue weighted by Crippen LogP contribution is 2.04. The highest BCUT2D eigenvalue weighted by molar-refractivity contribution is 7.99. The van der Waals surface area contributed by atoms with Crippen LogP contribution in [-0.2, 0) is 0 Å². The van der Waals surface area contributed by atoms with Gasteiger partial charge in [-0.3, -0.25) is 0 Å². The van der Waals surface area contributed by atoms with Gasteiger partial charge in [0.05, 0.1) is 0 Å². The van der Waals surface area contributed by atoms with Crippen LogP contribution in [0.25, 0.3) is 0 Å². The first-order chi connectivity index (χ1) is 4.41. The first kappa shape index (κ1) is 8.91. The van der Waals surface area contributed by atoms with Gasteiger partial charge in [-0.15, -0.1) is 12.3 Å². The Bertz CT molecular complexity index is 81.1. The van der Waals surface area contributed by atoms with Crippen LogP contribution in [0.2, 0.25) is 0 Å². The smallest absolute Gasteiger partial charge is 0.00939 e. The van der Waals surface area contributed by atoms with E-state index >= 15 is 0 Å². The molecule has 52 valence electrons. The van der Waals surface area contributed by atoms with Crippen molar-refractivity contribution in [3.05, 3.63) is 0 Å². The maximum atomic E-state index is 5.08. The monoisotopic (exact) mass is 142 g/mol. The summed E-state index contributed by atoms with van der Waals surface area (Å²) >= 11 is 2.00. The van der Waals surface area contributed by atoms with Gasteiger partial charge in [-0.25, -0.2) is 0 Å². The minimum atomic E-state index is 0.941. The number of rotatable bonds is 5. The molecule has 0 aromatic rings. The molecule has 0 aromatic carbocycles. The van der Waals surface area contributed by atoms with Crippen LogP contribution in [0.3, 0.4) is 0 Å². The first-order valence-corrected chi connectivity index (χ1v) is 4.58. The van der Waals surface area contributed by atoms with Crippen molar-refractivity contribution in [3.63, 3.8) is 0 Å². The molecule has 0 saturated carbocycles. The molecule has 0 radical (unpaired) electrons. The Hall–Kier alpha value is -0.0900. The zero-order valence-electron chi connectivity index (χ0n) is 6.02. The van der Waals surface area contributed by atoms with Gasteiger partial charge < -0.3 is 0 Å². The normalized spacial score (nSPS) is 8.89. The van der Waals surface area contributed by atoms with Gasteiger partial charge in [0.2, 0.25) is 0 Å². The van der Waals surface area contributed by atoms with Crippen LogP contribution >= 0.6 is 11.8 Å². The Kier molecular flexibility index (Phi) is 7.83. The third-order valence-electron chi connectivity index (χ3n) is 0.958. The average molecular weight is 142 g/mol. The number of terminal acetylenes is 1. The number of thioether (sulfide) groups is 1.